The summed E-state index contributed by atoms with van der Waals surface area (Å²) in [7, 11) is 1.89. The second kappa shape index (κ2) is 8.50. The minimum atomic E-state index is -0.451. The Hall–Kier alpha value is -4.27. The van der Waals surface area contributed by atoms with Crippen LogP contribution in [-0.2, 0) is 23.1 Å². The van der Waals surface area contributed by atoms with Crippen molar-refractivity contribution in [1.29, 1.82) is 0 Å². The first-order chi connectivity index (χ1) is 16.8. The molecule has 35 heavy (non-hydrogen) atoms. The molecule has 0 saturated carbocycles. The lowest BCUT2D eigenvalue weighted by Gasteiger charge is -2.11. The van der Waals surface area contributed by atoms with Gasteiger partial charge in [-0.15, -0.1) is 0 Å². The second-order valence-electron chi connectivity index (χ2n) is 8.60. The molecule has 0 atom stereocenters. The predicted molar refractivity (Wildman–Crippen MR) is 134 cm³/mol. The molecule has 9 heteroatoms. The lowest BCUT2D eigenvalue weighted by Crippen LogP contribution is -2.27. The van der Waals surface area contributed by atoms with Crippen LogP contribution in [0.25, 0.3) is 38.9 Å². The molecule has 4 heterocycles. The van der Waals surface area contributed by atoms with Crippen molar-refractivity contribution in [3.8, 4) is 16.9 Å². The molecule has 178 valence electrons. The summed E-state index contributed by atoms with van der Waals surface area (Å²) in [5.74, 6) is -0.451. The third-order valence-electron chi connectivity index (χ3n) is 6.28. The predicted octanol–water partition coefficient (Wildman–Crippen LogP) is 3.62. The summed E-state index contributed by atoms with van der Waals surface area (Å²) >= 11 is 0. The summed E-state index contributed by atoms with van der Waals surface area (Å²) in [5, 5.41) is 5.52. The van der Waals surface area contributed by atoms with E-state index in [1.807, 2.05) is 56.8 Å². The van der Waals surface area contributed by atoms with Crippen LogP contribution >= 0.6 is 0 Å². The highest BCUT2D eigenvalue weighted by atomic mass is 16.5. The smallest absolute Gasteiger partial charge is 0.334 e. The van der Waals surface area contributed by atoms with Crippen LogP contribution in [0.5, 0.6) is 0 Å². The Kier molecular flexibility index (Phi) is 5.47. The lowest BCUT2D eigenvalue weighted by molar-refractivity contribution is -0.143. The van der Waals surface area contributed by atoms with E-state index in [-0.39, 0.29) is 18.8 Å². The topological polar surface area (TPSA) is 96.8 Å². The largest absolute Gasteiger partial charge is 0.465 e. The van der Waals surface area contributed by atoms with Crippen molar-refractivity contribution in [2.75, 3.05) is 6.61 Å². The number of pyridine rings is 2. The minimum absolute atomic E-state index is 0.155. The van der Waals surface area contributed by atoms with Gasteiger partial charge in [-0.05, 0) is 51.0 Å². The molecule has 0 aliphatic rings. The summed E-state index contributed by atoms with van der Waals surface area (Å²) in [4.78, 5) is 34.9. The molecule has 0 fully saturated rings. The van der Waals surface area contributed by atoms with E-state index in [1.165, 1.54) is 4.57 Å². The number of carbonyl (C=O) groups excluding carboxylic acids is 1. The number of aryl methyl sites for hydroxylation is 4. The maximum absolute atomic E-state index is 13.6. The second-order valence-corrected chi connectivity index (χ2v) is 8.60. The highest BCUT2D eigenvalue weighted by molar-refractivity contribution is 5.95. The number of rotatable bonds is 5. The number of hydrogen-bond acceptors (Lipinski definition) is 6. The van der Waals surface area contributed by atoms with Gasteiger partial charge in [-0.3, -0.25) is 28.6 Å². The number of benzene rings is 1. The quantitative estimate of drug-likeness (QED) is 0.364. The third-order valence-corrected chi connectivity index (χ3v) is 6.28. The van der Waals surface area contributed by atoms with Gasteiger partial charge in [0.1, 0.15) is 6.54 Å². The standard InChI is InChI=1S/C26H26N6O3/c1-6-35-23(33)14-31-20-9-7-8-15(2)25(20)32(26(31)34)21-13-28-19(10-16(21)3)18-11-27-12-22-24(18)17(4)29-30(22)5/h7-13H,6,14H2,1-5H3. The van der Waals surface area contributed by atoms with Gasteiger partial charge in [-0.2, -0.15) is 5.10 Å². The molecule has 0 spiro atoms. The van der Waals surface area contributed by atoms with Crippen molar-refractivity contribution in [3.05, 3.63) is 70.2 Å². The van der Waals surface area contributed by atoms with Gasteiger partial charge in [0, 0.05) is 24.2 Å². The maximum atomic E-state index is 13.6. The van der Waals surface area contributed by atoms with E-state index in [1.54, 1.807) is 30.1 Å². The molecule has 5 rings (SSSR count). The van der Waals surface area contributed by atoms with Crippen LogP contribution < -0.4 is 5.69 Å². The van der Waals surface area contributed by atoms with Crippen molar-refractivity contribution in [3.63, 3.8) is 0 Å². The first-order valence-corrected chi connectivity index (χ1v) is 11.4. The highest BCUT2D eigenvalue weighted by Gasteiger charge is 2.21. The molecule has 1 aromatic carbocycles. The van der Waals surface area contributed by atoms with Gasteiger partial charge in [-0.1, -0.05) is 12.1 Å². The average Bonchev–Trinajstić information content (AvgIpc) is 3.28. The fraction of sp³-hybridized carbons (Fsp3) is 0.269. The van der Waals surface area contributed by atoms with E-state index >= 15 is 0 Å². The Morgan fingerprint density at radius 2 is 1.86 bits per heavy atom. The molecule has 0 bridgehead atoms. The molecular weight excluding hydrogens is 444 g/mol. The number of hydrogen-bond donors (Lipinski definition) is 0. The van der Waals surface area contributed by atoms with Gasteiger partial charge in [-0.25, -0.2) is 4.79 Å². The van der Waals surface area contributed by atoms with E-state index < -0.39 is 5.97 Å². The molecule has 0 aliphatic carbocycles. The van der Waals surface area contributed by atoms with Gasteiger partial charge >= 0.3 is 11.7 Å². The van der Waals surface area contributed by atoms with Crippen LogP contribution in [0.3, 0.4) is 0 Å². The molecule has 4 aromatic heterocycles. The van der Waals surface area contributed by atoms with E-state index in [4.69, 9.17) is 9.72 Å². The Bertz CT molecular complexity index is 1670. The SMILES string of the molecule is CCOC(=O)Cn1c(=O)n(-c2cnc(-c3cncc4c3c(C)nn4C)cc2C)c2c(C)cccc21. The maximum Gasteiger partial charge on any atom is 0.334 e. The van der Waals surface area contributed by atoms with E-state index in [0.29, 0.717) is 11.2 Å². The van der Waals surface area contributed by atoms with Crippen LogP contribution in [0.1, 0.15) is 23.7 Å². The zero-order valence-electron chi connectivity index (χ0n) is 20.4. The first-order valence-electron chi connectivity index (χ1n) is 11.4. The number of nitrogens with zero attached hydrogens (tertiary/aromatic N) is 6. The molecular formula is C26H26N6O3. The van der Waals surface area contributed by atoms with Crippen LogP contribution in [0.15, 0.2) is 47.7 Å². The van der Waals surface area contributed by atoms with Crippen LogP contribution in [0, 0.1) is 20.8 Å². The van der Waals surface area contributed by atoms with Gasteiger partial charge in [0.25, 0.3) is 0 Å². The van der Waals surface area contributed by atoms with Crippen LogP contribution in [0.2, 0.25) is 0 Å². The first kappa shape index (κ1) is 22.5. The van der Waals surface area contributed by atoms with E-state index in [0.717, 1.165) is 44.5 Å². The number of imidazole rings is 1. The summed E-state index contributed by atoms with van der Waals surface area (Å²) in [6.07, 6.45) is 5.29. The summed E-state index contributed by atoms with van der Waals surface area (Å²) < 4.78 is 9.99. The van der Waals surface area contributed by atoms with Crippen molar-refractivity contribution >= 4 is 27.9 Å². The lowest BCUT2D eigenvalue weighted by atomic mass is 10.1. The third kappa shape index (κ3) is 3.60. The van der Waals surface area contributed by atoms with Crippen molar-refractivity contribution in [2.45, 2.75) is 34.2 Å². The monoisotopic (exact) mass is 470 g/mol. The number of carbonyl (C=O) groups is 1. The van der Waals surface area contributed by atoms with E-state index in [9.17, 15) is 9.59 Å². The minimum Gasteiger partial charge on any atom is -0.465 e. The van der Waals surface area contributed by atoms with Crippen molar-refractivity contribution in [1.82, 2.24) is 28.9 Å². The summed E-state index contributed by atoms with van der Waals surface area (Å²) in [6.45, 7) is 7.71. The Morgan fingerprint density at radius 1 is 1.06 bits per heavy atom. The fourth-order valence-electron chi connectivity index (χ4n) is 4.71. The Morgan fingerprint density at radius 3 is 2.60 bits per heavy atom. The van der Waals surface area contributed by atoms with Crippen molar-refractivity contribution in [2.24, 2.45) is 7.05 Å². The Balaban J connectivity index is 1.69. The zero-order chi connectivity index (χ0) is 24.9. The molecule has 5 aromatic rings. The van der Waals surface area contributed by atoms with E-state index in [2.05, 4.69) is 10.1 Å². The van der Waals surface area contributed by atoms with Crippen molar-refractivity contribution < 1.29 is 9.53 Å². The highest BCUT2D eigenvalue weighted by Crippen LogP contribution is 2.31. The number of esters is 1. The number of para-hydroxylation sites is 1. The number of aromatic nitrogens is 6. The molecule has 0 saturated heterocycles. The average molecular weight is 471 g/mol. The zero-order valence-corrected chi connectivity index (χ0v) is 20.4. The van der Waals surface area contributed by atoms with Gasteiger partial charge in [0.2, 0.25) is 0 Å². The van der Waals surface area contributed by atoms with Gasteiger partial charge in [0.15, 0.2) is 0 Å². The van der Waals surface area contributed by atoms with Gasteiger partial charge < -0.3 is 4.74 Å². The summed E-state index contributed by atoms with van der Waals surface area (Å²) in [5.41, 5.74) is 7.01. The number of fused-ring (bicyclic) bond motifs is 2. The number of ether oxygens (including phenoxy) is 1. The summed E-state index contributed by atoms with van der Waals surface area (Å²) in [6, 6.07) is 7.62. The van der Waals surface area contributed by atoms with Crippen LogP contribution in [0.4, 0.5) is 0 Å². The normalized spacial score (nSPS) is 11.5. The molecule has 9 nitrogen and oxygen atoms in total. The van der Waals surface area contributed by atoms with Crippen LogP contribution in [-0.4, -0.2) is 41.5 Å². The molecule has 0 unspecified atom stereocenters. The molecule has 0 N–H and O–H groups in total. The van der Waals surface area contributed by atoms with Gasteiger partial charge in [0.05, 0.1) is 52.6 Å². The Labute approximate surface area is 201 Å². The molecule has 0 aliphatic heterocycles. The fourth-order valence-corrected chi connectivity index (χ4v) is 4.71. The molecule has 0 amide bonds. The molecule has 0 radical (unpaired) electrons.